The molecule has 2 heterocycles. The Balaban J connectivity index is 1.32. The van der Waals surface area contributed by atoms with Gasteiger partial charge in [-0.2, -0.15) is 0 Å². The predicted molar refractivity (Wildman–Crippen MR) is 119 cm³/mol. The van der Waals surface area contributed by atoms with E-state index in [1.54, 1.807) is 23.7 Å². The molecule has 4 rings (SSSR count). The second-order valence-electron chi connectivity index (χ2n) is 6.49. The van der Waals surface area contributed by atoms with Crippen LogP contribution in [0.25, 0.3) is 10.2 Å². The molecular formula is C20H17FN6O2S2. The van der Waals surface area contributed by atoms with Crippen LogP contribution in [-0.4, -0.2) is 37.3 Å². The first-order chi connectivity index (χ1) is 15.0. The Morgan fingerprint density at radius 1 is 1.06 bits per heavy atom. The van der Waals surface area contributed by atoms with E-state index < -0.39 is 11.7 Å². The van der Waals surface area contributed by atoms with Crippen molar-refractivity contribution in [2.45, 2.75) is 11.6 Å². The first kappa shape index (κ1) is 20.9. The van der Waals surface area contributed by atoms with Crippen molar-refractivity contribution in [3.8, 4) is 0 Å². The van der Waals surface area contributed by atoms with E-state index in [-0.39, 0.29) is 23.8 Å². The Bertz CT molecular complexity index is 1220. The SMILES string of the molecule is Cn1c(CC(=O)Nc2ccccc2F)nnc1SCC(=O)Nc1nc2ccccc2s1. The lowest BCUT2D eigenvalue weighted by molar-refractivity contribution is -0.116. The average Bonchev–Trinajstić information content (AvgIpc) is 3.31. The molecule has 0 spiro atoms. The van der Waals surface area contributed by atoms with Crippen LogP contribution >= 0.6 is 23.1 Å². The summed E-state index contributed by atoms with van der Waals surface area (Å²) in [6, 6.07) is 13.6. The third-order valence-electron chi connectivity index (χ3n) is 4.26. The molecule has 2 N–H and O–H groups in total. The molecule has 0 radical (unpaired) electrons. The zero-order valence-corrected chi connectivity index (χ0v) is 18.0. The summed E-state index contributed by atoms with van der Waals surface area (Å²) in [6.07, 6.45) is -0.0731. The second kappa shape index (κ2) is 9.23. The number of carbonyl (C=O) groups excluding carboxylic acids is 2. The highest BCUT2D eigenvalue weighted by atomic mass is 32.2. The van der Waals surface area contributed by atoms with E-state index in [0.717, 1.165) is 10.2 Å². The lowest BCUT2D eigenvalue weighted by Gasteiger charge is -2.06. The van der Waals surface area contributed by atoms with Gasteiger partial charge in [0.25, 0.3) is 0 Å². The lowest BCUT2D eigenvalue weighted by atomic mass is 10.3. The van der Waals surface area contributed by atoms with E-state index in [4.69, 9.17) is 0 Å². The molecule has 0 saturated heterocycles. The van der Waals surface area contributed by atoms with Gasteiger partial charge < -0.3 is 15.2 Å². The number of fused-ring (bicyclic) bond motifs is 1. The van der Waals surface area contributed by atoms with Gasteiger partial charge in [0.2, 0.25) is 11.8 Å². The third-order valence-corrected chi connectivity index (χ3v) is 6.24. The van der Waals surface area contributed by atoms with Crippen molar-refractivity contribution < 1.29 is 14.0 Å². The van der Waals surface area contributed by atoms with Crippen LogP contribution in [0.1, 0.15) is 5.82 Å². The topological polar surface area (TPSA) is 102 Å². The number of hydrogen-bond acceptors (Lipinski definition) is 7. The number of para-hydroxylation sites is 2. The zero-order chi connectivity index (χ0) is 21.8. The van der Waals surface area contributed by atoms with Gasteiger partial charge in [-0.25, -0.2) is 9.37 Å². The fourth-order valence-corrected chi connectivity index (χ4v) is 4.35. The summed E-state index contributed by atoms with van der Waals surface area (Å²) in [5.41, 5.74) is 0.942. The molecule has 2 aromatic carbocycles. The van der Waals surface area contributed by atoms with Crippen LogP contribution < -0.4 is 10.6 Å². The molecule has 0 aliphatic carbocycles. The highest BCUT2D eigenvalue weighted by molar-refractivity contribution is 7.99. The summed E-state index contributed by atoms with van der Waals surface area (Å²) in [5, 5.41) is 14.4. The summed E-state index contributed by atoms with van der Waals surface area (Å²) in [7, 11) is 1.71. The van der Waals surface area contributed by atoms with E-state index in [1.807, 2.05) is 24.3 Å². The van der Waals surface area contributed by atoms with Crippen LogP contribution in [0, 0.1) is 5.82 Å². The van der Waals surface area contributed by atoms with Gasteiger partial charge in [-0.1, -0.05) is 47.4 Å². The Hall–Kier alpha value is -3.31. The fourth-order valence-electron chi connectivity index (χ4n) is 2.74. The molecule has 0 aliphatic heterocycles. The first-order valence-corrected chi connectivity index (χ1v) is 11.0. The molecule has 0 saturated carbocycles. The molecular weight excluding hydrogens is 439 g/mol. The quantitative estimate of drug-likeness (QED) is 0.413. The summed E-state index contributed by atoms with van der Waals surface area (Å²) in [4.78, 5) is 28.8. The van der Waals surface area contributed by atoms with Crippen LogP contribution in [0.2, 0.25) is 0 Å². The summed E-state index contributed by atoms with van der Waals surface area (Å²) < 4.78 is 16.3. The van der Waals surface area contributed by atoms with E-state index in [9.17, 15) is 14.0 Å². The maximum Gasteiger partial charge on any atom is 0.236 e. The summed E-state index contributed by atoms with van der Waals surface area (Å²) in [5.74, 6) is -0.618. The van der Waals surface area contributed by atoms with Crippen molar-refractivity contribution in [2.24, 2.45) is 7.05 Å². The average molecular weight is 457 g/mol. The molecule has 0 fully saturated rings. The lowest BCUT2D eigenvalue weighted by Crippen LogP contribution is -2.18. The van der Waals surface area contributed by atoms with Crippen LogP contribution in [0.4, 0.5) is 15.2 Å². The zero-order valence-electron chi connectivity index (χ0n) is 16.3. The molecule has 158 valence electrons. The number of nitrogens with zero attached hydrogens (tertiary/aromatic N) is 4. The molecule has 2 aromatic heterocycles. The first-order valence-electron chi connectivity index (χ1n) is 9.20. The minimum absolute atomic E-state index is 0.0731. The largest absolute Gasteiger partial charge is 0.323 e. The second-order valence-corrected chi connectivity index (χ2v) is 8.46. The number of thiazole rings is 1. The Labute approximate surface area is 184 Å². The van der Waals surface area contributed by atoms with E-state index >= 15 is 0 Å². The van der Waals surface area contributed by atoms with Crippen molar-refractivity contribution >= 4 is 55.9 Å². The van der Waals surface area contributed by atoms with Gasteiger partial charge in [0, 0.05) is 7.05 Å². The number of nitrogens with one attached hydrogen (secondary N) is 2. The predicted octanol–water partition coefficient (Wildman–Crippen LogP) is 3.48. The standard InChI is InChI=1S/C20H17FN6O2S2/c1-27-16(10-17(28)22-13-7-3-2-6-12(13)21)25-26-20(27)30-11-18(29)24-19-23-14-8-4-5-9-15(14)31-19/h2-9H,10-11H2,1H3,(H,22,28)(H,23,24,29). The highest BCUT2D eigenvalue weighted by Crippen LogP contribution is 2.26. The molecule has 11 heteroatoms. The molecule has 0 bridgehead atoms. The number of halogens is 1. The van der Waals surface area contributed by atoms with Gasteiger partial charge in [-0.3, -0.25) is 9.59 Å². The molecule has 4 aromatic rings. The van der Waals surface area contributed by atoms with E-state index in [1.165, 1.54) is 35.2 Å². The molecule has 0 aliphatic rings. The number of amides is 2. The van der Waals surface area contributed by atoms with Crippen molar-refractivity contribution in [3.63, 3.8) is 0 Å². The number of hydrogen-bond donors (Lipinski definition) is 2. The number of rotatable bonds is 7. The maximum atomic E-state index is 13.7. The molecule has 31 heavy (non-hydrogen) atoms. The van der Waals surface area contributed by atoms with Crippen molar-refractivity contribution in [3.05, 3.63) is 60.2 Å². The van der Waals surface area contributed by atoms with Gasteiger partial charge in [-0.05, 0) is 24.3 Å². The molecule has 0 unspecified atom stereocenters. The Morgan fingerprint density at radius 3 is 2.65 bits per heavy atom. The Kier molecular flexibility index (Phi) is 6.23. The van der Waals surface area contributed by atoms with E-state index in [0.29, 0.717) is 16.1 Å². The molecule has 2 amide bonds. The maximum absolute atomic E-state index is 13.7. The number of benzene rings is 2. The van der Waals surface area contributed by atoms with E-state index in [2.05, 4.69) is 25.8 Å². The van der Waals surface area contributed by atoms with Gasteiger partial charge in [0.1, 0.15) is 11.6 Å². The van der Waals surface area contributed by atoms with Crippen LogP contribution in [0.5, 0.6) is 0 Å². The minimum atomic E-state index is -0.510. The smallest absolute Gasteiger partial charge is 0.236 e. The van der Waals surface area contributed by atoms with Crippen LogP contribution in [-0.2, 0) is 23.1 Å². The van der Waals surface area contributed by atoms with Crippen LogP contribution in [0.3, 0.4) is 0 Å². The van der Waals surface area contributed by atoms with Gasteiger partial charge in [0.15, 0.2) is 10.3 Å². The van der Waals surface area contributed by atoms with Crippen molar-refractivity contribution in [1.82, 2.24) is 19.7 Å². The molecule has 0 atom stereocenters. The number of carbonyl (C=O) groups is 2. The third kappa shape index (κ3) is 5.06. The molecule has 8 nitrogen and oxygen atoms in total. The monoisotopic (exact) mass is 456 g/mol. The van der Waals surface area contributed by atoms with Crippen molar-refractivity contribution in [1.29, 1.82) is 0 Å². The van der Waals surface area contributed by atoms with Crippen LogP contribution in [0.15, 0.2) is 53.7 Å². The minimum Gasteiger partial charge on any atom is -0.323 e. The Morgan fingerprint density at radius 2 is 1.84 bits per heavy atom. The van der Waals surface area contributed by atoms with Gasteiger partial charge in [-0.15, -0.1) is 10.2 Å². The van der Waals surface area contributed by atoms with Crippen molar-refractivity contribution in [2.75, 3.05) is 16.4 Å². The number of aromatic nitrogens is 4. The van der Waals surface area contributed by atoms with Gasteiger partial charge >= 0.3 is 0 Å². The highest BCUT2D eigenvalue weighted by Gasteiger charge is 2.16. The summed E-state index contributed by atoms with van der Waals surface area (Å²) in [6.45, 7) is 0. The number of thioether (sulfide) groups is 1. The van der Waals surface area contributed by atoms with Gasteiger partial charge in [0.05, 0.1) is 28.1 Å². The number of anilines is 2. The summed E-state index contributed by atoms with van der Waals surface area (Å²) >= 11 is 2.60. The fraction of sp³-hybridized carbons (Fsp3) is 0.150. The normalized spacial score (nSPS) is 10.9.